The molecule has 0 aliphatic rings. The zero-order valence-electron chi connectivity index (χ0n) is 10.5. The minimum atomic E-state index is -3.56. The van der Waals surface area contributed by atoms with Crippen molar-refractivity contribution in [2.24, 2.45) is 0 Å². The lowest BCUT2D eigenvalue weighted by Crippen LogP contribution is -2.17. The first-order chi connectivity index (χ1) is 9.42. The molecule has 0 spiro atoms. The van der Waals surface area contributed by atoms with E-state index in [0.717, 1.165) is 0 Å². The Labute approximate surface area is 126 Å². The summed E-state index contributed by atoms with van der Waals surface area (Å²) >= 11 is 11.8. The third kappa shape index (κ3) is 3.46. The summed E-state index contributed by atoms with van der Waals surface area (Å²) in [6, 6.07) is 8.03. The highest BCUT2D eigenvalue weighted by molar-refractivity contribution is 7.89. The van der Waals surface area contributed by atoms with Crippen molar-refractivity contribution in [3.63, 3.8) is 0 Å². The van der Waals surface area contributed by atoms with E-state index in [1.807, 2.05) is 0 Å². The van der Waals surface area contributed by atoms with E-state index >= 15 is 0 Å². The fraction of sp³-hybridized carbons (Fsp3) is 0.167. The molecule has 0 aliphatic heterocycles. The third-order valence-electron chi connectivity index (χ3n) is 2.55. The number of sulfonamides is 1. The van der Waals surface area contributed by atoms with E-state index in [1.54, 1.807) is 24.3 Å². The summed E-state index contributed by atoms with van der Waals surface area (Å²) in [5, 5.41) is 3.94. The Hall–Kier alpha value is -1.21. The molecule has 0 bridgehead atoms. The zero-order chi connectivity index (χ0) is 14.8. The van der Waals surface area contributed by atoms with Gasteiger partial charge in [0, 0.05) is 5.02 Å². The summed E-state index contributed by atoms with van der Waals surface area (Å²) in [4.78, 5) is 0. The molecule has 1 heterocycles. The highest BCUT2D eigenvalue weighted by Gasteiger charge is 2.16. The standard InChI is InChI=1S/C12H12Cl2N2O3S/c1-15-20(17,18)12-5-3-9(19-12)7-16-11-4-2-8(13)6-10(11)14/h2-6,15-16H,7H2,1H3. The lowest BCUT2D eigenvalue weighted by Gasteiger charge is -2.06. The van der Waals surface area contributed by atoms with Gasteiger partial charge in [0.2, 0.25) is 5.09 Å². The van der Waals surface area contributed by atoms with Crippen molar-refractivity contribution < 1.29 is 12.8 Å². The highest BCUT2D eigenvalue weighted by atomic mass is 35.5. The Balaban J connectivity index is 2.08. The molecular formula is C12H12Cl2N2O3S. The van der Waals surface area contributed by atoms with Gasteiger partial charge in [-0.2, -0.15) is 0 Å². The highest BCUT2D eigenvalue weighted by Crippen LogP contribution is 2.26. The van der Waals surface area contributed by atoms with Crippen molar-refractivity contribution >= 4 is 38.9 Å². The van der Waals surface area contributed by atoms with Crippen molar-refractivity contribution in [2.75, 3.05) is 12.4 Å². The quantitative estimate of drug-likeness (QED) is 0.881. The predicted molar refractivity (Wildman–Crippen MR) is 78.7 cm³/mol. The van der Waals surface area contributed by atoms with Crippen LogP contribution in [0.5, 0.6) is 0 Å². The van der Waals surface area contributed by atoms with Crippen molar-refractivity contribution in [2.45, 2.75) is 11.6 Å². The molecule has 0 saturated carbocycles. The maximum Gasteiger partial charge on any atom is 0.273 e. The molecule has 2 aromatic rings. The summed E-state index contributed by atoms with van der Waals surface area (Å²) < 4.78 is 30.5. The minimum absolute atomic E-state index is 0.126. The summed E-state index contributed by atoms with van der Waals surface area (Å²) in [5.41, 5.74) is 0.686. The summed E-state index contributed by atoms with van der Waals surface area (Å²) in [7, 11) is -2.24. The van der Waals surface area contributed by atoms with Crippen LogP contribution in [0.25, 0.3) is 0 Å². The van der Waals surface area contributed by atoms with Crippen LogP contribution in [0.4, 0.5) is 5.69 Å². The Kier molecular flexibility index (Phi) is 4.59. The Morgan fingerprint density at radius 2 is 1.95 bits per heavy atom. The van der Waals surface area contributed by atoms with Gasteiger partial charge in [0.05, 0.1) is 17.3 Å². The van der Waals surface area contributed by atoms with Crippen LogP contribution in [0, 0.1) is 0 Å². The van der Waals surface area contributed by atoms with Crippen LogP contribution >= 0.6 is 23.2 Å². The number of hydrogen-bond donors (Lipinski definition) is 2. The van der Waals surface area contributed by atoms with Gasteiger partial charge in [-0.05, 0) is 37.4 Å². The van der Waals surface area contributed by atoms with Gasteiger partial charge in [0.15, 0.2) is 0 Å². The zero-order valence-corrected chi connectivity index (χ0v) is 12.8. The van der Waals surface area contributed by atoms with Crippen LogP contribution in [0.15, 0.2) is 39.8 Å². The SMILES string of the molecule is CNS(=O)(=O)c1ccc(CNc2ccc(Cl)cc2Cl)o1. The monoisotopic (exact) mass is 334 g/mol. The van der Waals surface area contributed by atoms with Crippen LogP contribution < -0.4 is 10.0 Å². The first-order valence-electron chi connectivity index (χ1n) is 5.63. The van der Waals surface area contributed by atoms with E-state index in [2.05, 4.69) is 10.0 Å². The van der Waals surface area contributed by atoms with Gasteiger partial charge in [-0.25, -0.2) is 13.1 Å². The fourth-order valence-electron chi connectivity index (χ4n) is 1.51. The molecule has 2 N–H and O–H groups in total. The van der Waals surface area contributed by atoms with Crippen molar-refractivity contribution in [3.8, 4) is 0 Å². The molecule has 5 nitrogen and oxygen atoms in total. The molecule has 0 aliphatic carbocycles. The van der Waals surface area contributed by atoms with Crippen LogP contribution in [-0.2, 0) is 16.6 Å². The van der Waals surface area contributed by atoms with Crippen LogP contribution in [0.3, 0.4) is 0 Å². The molecule has 1 aromatic heterocycles. The molecule has 2 rings (SSSR count). The lowest BCUT2D eigenvalue weighted by molar-refractivity contribution is 0.417. The molecule has 0 radical (unpaired) electrons. The summed E-state index contributed by atoms with van der Waals surface area (Å²) in [6.45, 7) is 0.306. The summed E-state index contributed by atoms with van der Waals surface area (Å²) in [5.74, 6) is 0.477. The predicted octanol–water partition coefficient (Wildman–Crippen LogP) is 3.11. The average Bonchev–Trinajstić information content (AvgIpc) is 2.87. The van der Waals surface area contributed by atoms with Crippen LogP contribution in [0.1, 0.15) is 5.76 Å². The fourth-order valence-corrected chi connectivity index (χ4v) is 2.65. The van der Waals surface area contributed by atoms with Gasteiger partial charge >= 0.3 is 0 Å². The Morgan fingerprint density at radius 3 is 2.60 bits per heavy atom. The smallest absolute Gasteiger partial charge is 0.273 e. The molecule has 0 amide bonds. The normalized spacial score (nSPS) is 11.6. The first-order valence-corrected chi connectivity index (χ1v) is 7.87. The van der Waals surface area contributed by atoms with Crippen molar-refractivity contribution in [3.05, 3.63) is 46.1 Å². The van der Waals surface area contributed by atoms with E-state index in [1.165, 1.54) is 13.1 Å². The number of nitrogens with one attached hydrogen (secondary N) is 2. The number of anilines is 1. The minimum Gasteiger partial charge on any atom is -0.446 e. The van der Waals surface area contributed by atoms with E-state index in [4.69, 9.17) is 27.6 Å². The maximum atomic E-state index is 11.5. The Morgan fingerprint density at radius 1 is 1.20 bits per heavy atom. The van der Waals surface area contributed by atoms with Gasteiger partial charge < -0.3 is 9.73 Å². The first kappa shape index (κ1) is 15.2. The van der Waals surface area contributed by atoms with Gasteiger partial charge in [-0.15, -0.1) is 0 Å². The second kappa shape index (κ2) is 6.05. The van der Waals surface area contributed by atoms with Crippen LogP contribution in [0.2, 0.25) is 10.0 Å². The van der Waals surface area contributed by atoms with Crippen molar-refractivity contribution in [1.82, 2.24) is 4.72 Å². The molecule has 0 atom stereocenters. The average molecular weight is 335 g/mol. The van der Waals surface area contributed by atoms with E-state index < -0.39 is 10.0 Å². The lowest BCUT2D eigenvalue weighted by atomic mass is 10.3. The number of hydrogen-bond acceptors (Lipinski definition) is 4. The van der Waals surface area contributed by atoms with Gasteiger partial charge in [0.1, 0.15) is 5.76 Å². The molecule has 108 valence electrons. The molecule has 1 aromatic carbocycles. The number of benzene rings is 1. The van der Waals surface area contributed by atoms with Gasteiger partial charge in [-0.1, -0.05) is 23.2 Å². The molecule has 8 heteroatoms. The second-order valence-electron chi connectivity index (χ2n) is 3.91. The number of halogens is 2. The largest absolute Gasteiger partial charge is 0.446 e. The topological polar surface area (TPSA) is 71.3 Å². The van der Waals surface area contributed by atoms with E-state index in [-0.39, 0.29) is 5.09 Å². The molecular weight excluding hydrogens is 323 g/mol. The molecule has 0 unspecified atom stereocenters. The van der Waals surface area contributed by atoms with Gasteiger partial charge in [0.25, 0.3) is 10.0 Å². The number of furan rings is 1. The van der Waals surface area contributed by atoms with Gasteiger partial charge in [-0.3, -0.25) is 0 Å². The maximum absolute atomic E-state index is 11.5. The third-order valence-corrected chi connectivity index (χ3v) is 4.39. The van der Waals surface area contributed by atoms with Crippen molar-refractivity contribution in [1.29, 1.82) is 0 Å². The van der Waals surface area contributed by atoms with Crippen LogP contribution in [-0.4, -0.2) is 15.5 Å². The summed E-state index contributed by atoms with van der Waals surface area (Å²) in [6.07, 6.45) is 0. The Bertz CT molecular complexity index is 713. The second-order valence-corrected chi connectivity index (χ2v) is 6.57. The number of rotatable bonds is 5. The van der Waals surface area contributed by atoms with E-state index in [0.29, 0.717) is 28.0 Å². The molecule has 20 heavy (non-hydrogen) atoms. The van der Waals surface area contributed by atoms with E-state index in [9.17, 15) is 8.42 Å². The molecule has 0 fully saturated rings. The molecule has 0 saturated heterocycles.